The summed E-state index contributed by atoms with van der Waals surface area (Å²) in [6, 6.07) is 10.7. The average Bonchev–Trinajstić information content (AvgIpc) is 3.02. The fourth-order valence-corrected chi connectivity index (χ4v) is 2.56. The predicted octanol–water partition coefficient (Wildman–Crippen LogP) is 3.79. The zero-order chi connectivity index (χ0) is 18.7. The van der Waals surface area contributed by atoms with Crippen LogP contribution in [-0.2, 0) is 0 Å². The number of methoxy groups -OCH3 is 2. The summed E-state index contributed by atoms with van der Waals surface area (Å²) in [5, 5.41) is 9.98. The molecule has 0 radical (unpaired) electrons. The SMILES string of the molecule is COc1ccc(-c2n[nH]c(C)c2NC(=O)c2ccc(F)cc2)cc1OC. The normalized spacial score (nSPS) is 10.5. The van der Waals surface area contributed by atoms with Crippen LogP contribution in [0.3, 0.4) is 0 Å². The van der Waals surface area contributed by atoms with E-state index in [4.69, 9.17) is 9.47 Å². The second-order valence-electron chi connectivity index (χ2n) is 5.60. The summed E-state index contributed by atoms with van der Waals surface area (Å²) in [4.78, 5) is 12.5. The molecule has 1 heterocycles. The van der Waals surface area contributed by atoms with Gasteiger partial charge in [0.05, 0.1) is 25.6 Å². The van der Waals surface area contributed by atoms with Crippen LogP contribution >= 0.6 is 0 Å². The van der Waals surface area contributed by atoms with Crippen molar-refractivity contribution in [2.75, 3.05) is 19.5 Å². The summed E-state index contributed by atoms with van der Waals surface area (Å²) in [5.74, 6) is 0.408. The van der Waals surface area contributed by atoms with E-state index in [-0.39, 0.29) is 5.91 Å². The summed E-state index contributed by atoms with van der Waals surface area (Å²) in [7, 11) is 3.11. The van der Waals surface area contributed by atoms with E-state index < -0.39 is 5.82 Å². The lowest BCUT2D eigenvalue weighted by Crippen LogP contribution is -2.12. The first-order valence-electron chi connectivity index (χ1n) is 7.87. The van der Waals surface area contributed by atoms with Crippen molar-refractivity contribution in [2.24, 2.45) is 0 Å². The van der Waals surface area contributed by atoms with Crippen LogP contribution in [0.2, 0.25) is 0 Å². The first-order valence-corrected chi connectivity index (χ1v) is 7.87. The number of nitrogens with one attached hydrogen (secondary N) is 2. The van der Waals surface area contributed by atoms with E-state index in [9.17, 15) is 9.18 Å². The molecule has 0 aliphatic carbocycles. The molecule has 0 spiro atoms. The maximum absolute atomic E-state index is 13.0. The molecule has 3 rings (SSSR count). The number of aryl methyl sites for hydroxylation is 1. The number of rotatable bonds is 5. The van der Waals surface area contributed by atoms with Crippen LogP contribution in [0.1, 0.15) is 16.1 Å². The number of carbonyl (C=O) groups excluding carboxylic acids is 1. The van der Waals surface area contributed by atoms with E-state index in [1.165, 1.54) is 24.3 Å². The van der Waals surface area contributed by atoms with Crippen LogP contribution in [0.5, 0.6) is 11.5 Å². The molecular formula is C19H18FN3O3. The molecule has 7 heteroatoms. The third kappa shape index (κ3) is 3.37. The molecule has 3 aromatic rings. The number of anilines is 1. The molecule has 0 unspecified atom stereocenters. The van der Waals surface area contributed by atoms with E-state index in [0.29, 0.717) is 34.1 Å². The Bertz CT molecular complexity index is 936. The second-order valence-corrected chi connectivity index (χ2v) is 5.60. The van der Waals surface area contributed by atoms with Crippen molar-refractivity contribution in [1.29, 1.82) is 0 Å². The maximum Gasteiger partial charge on any atom is 0.255 e. The lowest BCUT2D eigenvalue weighted by atomic mass is 10.1. The zero-order valence-electron chi connectivity index (χ0n) is 14.6. The molecule has 0 saturated carbocycles. The first-order chi connectivity index (χ1) is 12.5. The monoisotopic (exact) mass is 355 g/mol. The Balaban J connectivity index is 1.94. The topological polar surface area (TPSA) is 76.2 Å². The number of aromatic nitrogens is 2. The summed E-state index contributed by atoms with van der Waals surface area (Å²) >= 11 is 0. The van der Waals surface area contributed by atoms with Gasteiger partial charge in [-0.15, -0.1) is 0 Å². The number of nitrogens with zero attached hydrogens (tertiary/aromatic N) is 1. The quantitative estimate of drug-likeness (QED) is 0.730. The van der Waals surface area contributed by atoms with Gasteiger partial charge in [-0.2, -0.15) is 5.10 Å². The van der Waals surface area contributed by atoms with Crippen LogP contribution in [-0.4, -0.2) is 30.3 Å². The number of amides is 1. The highest BCUT2D eigenvalue weighted by molar-refractivity contribution is 6.06. The molecule has 1 amide bonds. The van der Waals surface area contributed by atoms with Crippen LogP contribution in [0.4, 0.5) is 10.1 Å². The molecule has 1 aromatic heterocycles. The summed E-state index contributed by atoms with van der Waals surface area (Å²) in [5.41, 5.74) is 2.92. The molecule has 0 saturated heterocycles. The van der Waals surface area contributed by atoms with Gasteiger partial charge in [-0.25, -0.2) is 4.39 Å². The Morgan fingerprint density at radius 2 is 1.77 bits per heavy atom. The van der Waals surface area contributed by atoms with Crippen molar-refractivity contribution in [3.63, 3.8) is 0 Å². The molecular weight excluding hydrogens is 337 g/mol. The molecule has 26 heavy (non-hydrogen) atoms. The number of benzene rings is 2. The van der Waals surface area contributed by atoms with Crippen molar-refractivity contribution in [1.82, 2.24) is 10.2 Å². The van der Waals surface area contributed by atoms with Gasteiger partial charge in [-0.3, -0.25) is 9.89 Å². The fraction of sp³-hybridized carbons (Fsp3) is 0.158. The smallest absolute Gasteiger partial charge is 0.255 e. The van der Waals surface area contributed by atoms with Gasteiger partial charge in [-0.1, -0.05) is 0 Å². The van der Waals surface area contributed by atoms with Gasteiger partial charge < -0.3 is 14.8 Å². The molecule has 0 aliphatic rings. The molecule has 2 N–H and O–H groups in total. The van der Waals surface area contributed by atoms with Crippen LogP contribution in [0.25, 0.3) is 11.3 Å². The second kappa shape index (κ2) is 7.26. The highest BCUT2D eigenvalue weighted by Crippen LogP contribution is 2.35. The molecule has 0 bridgehead atoms. The summed E-state index contributed by atoms with van der Waals surface area (Å²) in [6.07, 6.45) is 0. The highest BCUT2D eigenvalue weighted by Gasteiger charge is 2.17. The minimum Gasteiger partial charge on any atom is -0.493 e. The van der Waals surface area contributed by atoms with Gasteiger partial charge in [0.15, 0.2) is 11.5 Å². The predicted molar refractivity (Wildman–Crippen MR) is 96.2 cm³/mol. The van der Waals surface area contributed by atoms with Gasteiger partial charge in [0.1, 0.15) is 11.5 Å². The van der Waals surface area contributed by atoms with Crippen molar-refractivity contribution in [2.45, 2.75) is 6.92 Å². The number of halogens is 1. The summed E-state index contributed by atoms with van der Waals surface area (Å²) < 4.78 is 23.6. The lowest BCUT2D eigenvalue weighted by molar-refractivity contribution is 0.102. The van der Waals surface area contributed by atoms with E-state index in [0.717, 1.165) is 5.56 Å². The Morgan fingerprint density at radius 3 is 2.42 bits per heavy atom. The minimum absolute atomic E-state index is 0.351. The standard InChI is InChI=1S/C19H18FN3O3/c1-11-17(21-19(24)12-4-7-14(20)8-5-12)18(23-22-11)13-6-9-15(25-2)16(10-13)26-3/h4-10H,1-3H3,(H,21,24)(H,22,23). The van der Waals surface area contributed by atoms with E-state index in [1.807, 2.05) is 6.07 Å². The van der Waals surface area contributed by atoms with E-state index >= 15 is 0 Å². The number of H-pyrrole nitrogens is 1. The van der Waals surface area contributed by atoms with Gasteiger partial charge in [-0.05, 0) is 49.4 Å². The largest absolute Gasteiger partial charge is 0.493 e. The Labute approximate surface area is 150 Å². The number of aromatic amines is 1. The number of hydrogen-bond donors (Lipinski definition) is 2. The van der Waals surface area contributed by atoms with Gasteiger partial charge in [0, 0.05) is 11.1 Å². The third-order valence-corrected chi connectivity index (χ3v) is 3.95. The number of carbonyl (C=O) groups is 1. The van der Waals surface area contributed by atoms with Crippen molar-refractivity contribution < 1.29 is 18.7 Å². The zero-order valence-corrected chi connectivity index (χ0v) is 14.6. The summed E-state index contributed by atoms with van der Waals surface area (Å²) in [6.45, 7) is 1.80. The van der Waals surface area contributed by atoms with Gasteiger partial charge in [0.25, 0.3) is 5.91 Å². The third-order valence-electron chi connectivity index (χ3n) is 3.95. The maximum atomic E-state index is 13.0. The highest BCUT2D eigenvalue weighted by atomic mass is 19.1. The average molecular weight is 355 g/mol. The van der Waals surface area contributed by atoms with Crippen LogP contribution in [0.15, 0.2) is 42.5 Å². The van der Waals surface area contributed by atoms with Gasteiger partial charge in [0.2, 0.25) is 0 Å². The van der Waals surface area contributed by atoms with E-state index in [2.05, 4.69) is 15.5 Å². The van der Waals surface area contributed by atoms with Gasteiger partial charge >= 0.3 is 0 Å². The Hall–Kier alpha value is -3.35. The molecule has 6 nitrogen and oxygen atoms in total. The van der Waals surface area contributed by atoms with Crippen molar-refractivity contribution >= 4 is 11.6 Å². The number of ether oxygens (including phenoxy) is 2. The van der Waals surface area contributed by atoms with Crippen LogP contribution in [0, 0.1) is 12.7 Å². The first kappa shape index (κ1) is 17.5. The van der Waals surface area contributed by atoms with Crippen molar-refractivity contribution in [3.8, 4) is 22.8 Å². The molecule has 0 fully saturated rings. The van der Waals surface area contributed by atoms with Crippen molar-refractivity contribution in [3.05, 3.63) is 59.5 Å². The lowest BCUT2D eigenvalue weighted by Gasteiger charge is -2.10. The molecule has 0 aliphatic heterocycles. The molecule has 0 atom stereocenters. The Morgan fingerprint density at radius 1 is 1.08 bits per heavy atom. The fourth-order valence-electron chi connectivity index (χ4n) is 2.56. The Kier molecular flexibility index (Phi) is 4.88. The van der Waals surface area contributed by atoms with Crippen LogP contribution < -0.4 is 14.8 Å². The minimum atomic E-state index is -0.396. The number of hydrogen-bond acceptors (Lipinski definition) is 4. The molecule has 134 valence electrons. The van der Waals surface area contributed by atoms with E-state index in [1.54, 1.807) is 33.3 Å². The molecule has 2 aromatic carbocycles.